The number of rotatable bonds is 2. The molecule has 0 aliphatic carbocycles. The first-order valence-electron chi connectivity index (χ1n) is 7.33. The molecule has 3 rings (SSSR count). The van der Waals surface area contributed by atoms with Crippen molar-refractivity contribution < 1.29 is 5.11 Å². The number of fused-ring (bicyclic) bond motifs is 1. The van der Waals surface area contributed by atoms with Crippen LogP contribution in [0.15, 0.2) is 42.6 Å². The van der Waals surface area contributed by atoms with Gasteiger partial charge >= 0.3 is 0 Å². The molecule has 0 aliphatic heterocycles. The van der Waals surface area contributed by atoms with E-state index in [9.17, 15) is 5.11 Å². The lowest BCUT2D eigenvalue weighted by Crippen LogP contribution is -1.97. The number of phenolic OH excluding ortho intramolecular Hbond substituents is 1. The molecular formula is C19H18N2O. The molecule has 0 saturated heterocycles. The third-order valence-corrected chi connectivity index (χ3v) is 4.03. The van der Waals surface area contributed by atoms with E-state index in [1.54, 1.807) is 6.07 Å². The second-order valence-corrected chi connectivity index (χ2v) is 5.86. The number of phenols is 1. The highest BCUT2D eigenvalue weighted by molar-refractivity contribution is 5.98. The van der Waals surface area contributed by atoms with Gasteiger partial charge in [-0.15, -0.1) is 0 Å². The van der Waals surface area contributed by atoms with Gasteiger partial charge in [0.05, 0.1) is 6.57 Å². The maximum absolute atomic E-state index is 9.99. The van der Waals surface area contributed by atoms with Crippen molar-refractivity contribution in [1.82, 2.24) is 4.57 Å². The number of hydrogen-bond donors (Lipinski definition) is 1. The fourth-order valence-corrected chi connectivity index (χ4v) is 2.78. The average molecular weight is 290 g/mol. The van der Waals surface area contributed by atoms with Crippen molar-refractivity contribution in [3.63, 3.8) is 0 Å². The Morgan fingerprint density at radius 3 is 2.55 bits per heavy atom. The van der Waals surface area contributed by atoms with Gasteiger partial charge in [0.15, 0.2) is 5.69 Å². The zero-order valence-electron chi connectivity index (χ0n) is 13.0. The Morgan fingerprint density at radius 2 is 1.91 bits per heavy atom. The van der Waals surface area contributed by atoms with Crippen LogP contribution in [0.1, 0.15) is 25.5 Å². The Labute approximate surface area is 130 Å². The highest BCUT2D eigenvalue weighted by Crippen LogP contribution is 2.36. The molecule has 0 unspecified atom stereocenters. The molecule has 22 heavy (non-hydrogen) atoms. The van der Waals surface area contributed by atoms with Gasteiger partial charge in [0.2, 0.25) is 0 Å². The fourth-order valence-electron chi connectivity index (χ4n) is 2.78. The summed E-state index contributed by atoms with van der Waals surface area (Å²) in [6.45, 7) is 13.5. The molecule has 3 nitrogen and oxygen atoms in total. The Morgan fingerprint density at radius 1 is 1.14 bits per heavy atom. The smallest absolute Gasteiger partial charge is 0.189 e. The van der Waals surface area contributed by atoms with E-state index in [1.165, 1.54) is 0 Å². The van der Waals surface area contributed by atoms with Crippen LogP contribution >= 0.6 is 0 Å². The lowest BCUT2D eigenvalue weighted by Gasteiger charge is -2.12. The van der Waals surface area contributed by atoms with E-state index in [2.05, 4.69) is 35.5 Å². The van der Waals surface area contributed by atoms with Gasteiger partial charge in [-0.05, 0) is 61.7 Å². The Balaban J connectivity index is 2.33. The summed E-state index contributed by atoms with van der Waals surface area (Å²) in [6.07, 6.45) is 2.06. The molecule has 0 saturated carbocycles. The van der Waals surface area contributed by atoms with E-state index in [1.807, 2.05) is 31.2 Å². The zero-order valence-corrected chi connectivity index (χ0v) is 13.0. The molecule has 1 heterocycles. The van der Waals surface area contributed by atoms with Gasteiger partial charge < -0.3 is 9.67 Å². The predicted molar refractivity (Wildman–Crippen MR) is 90.4 cm³/mol. The van der Waals surface area contributed by atoms with Gasteiger partial charge in [-0.2, -0.15) is 0 Å². The molecule has 1 N–H and O–H groups in total. The molecule has 0 fully saturated rings. The molecule has 1 aromatic heterocycles. The maximum atomic E-state index is 9.99. The van der Waals surface area contributed by atoms with Gasteiger partial charge in [-0.25, -0.2) is 4.85 Å². The number of aromatic hydroxyl groups is 1. The molecule has 0 bridgehead atoms. The molecule has 3 aromatic rings. The van der Waals surface area contributed by atoms with E-state index in [-0.39, 0.29) is 5.75 Å². The Bertz CT molecular complexity index is 898. The minimum atomic E-state index is 0.280. The van der Waals surface area contributed by atoms with Crippen LogP contribution in [-0.2, 0) is 0 Å². The van der Waals surface area contributed by atoms with E-state index in [0.717, 1.165) is 27.6 Å². The molecule has 0 radical (unpaired) electrons. The van der Waals surface area contributed by atoms with Crippen LogP contribution in [0.3, 0.4) is 0 Å². The summed E-state index contributed by atoms with van der Waals surface area (Å²) >= 11 is 0. The molecule has 2 aromatic carbocycles. The topological polar surface area (TPSA) is 29.5 Å². The molecule has 0 aliphatic rings. The maximum Gasteiger partial charge on any atom is 0.189 e. The first-order chi connectivity index (χ1) is 10.5. The highest BCUT2D eigenvalue weighted by atomic mass is 16.3. The standard InChI is InChI=1S/C19H18N2O/c1-12(2)21-8-7-16-17(10-15(20-4)11-18(16)21)14-6-5-13(3)19(22)9-14/h5-12,22H,1-3H3. The minimum Gasteiger partial charge on any atom is -0.508 e. The summed E-state index contributed by atoms with van der Waals surface area (Å²) in [4.78, 5) is 3.60. The molecule has 0 spiro atoms. The third kappa shape index (κ3) is 2.23. The van der Waals surface area contributed by atoms with E-state index >= 15 is 0 Å². The first-order valence-corrected chi connectivity index (χ1v) is 7.33. The summed E-state index contributed by atoms with van der Waals surface area (Å²) in [6, 6.07) is 11.9. The SMILES string of the molecule is [C-]#[N+]c1cc(-c2ccc(C)c(O)c2)c2ccn(C(C)C)c2c1. The molecule has 3 heteroatoms. The number of aromatic nitrogens is 1. The monoisotopic (exact) mass is 290 g/mol. The van der Waals surface area contributed by atoms with Crippen molar-refractivity contribution in [2.75, 3.05) is 0 Å². The Kier molecular flexibility index (Phi) is 3.38. The van der Waals surface area contributed by atoms with E-state index < -0.39 is 0 Å². The number of benzene rings is 2. The quantitative estimate of drug-likeness (QED) is 0.624. The largest absolute Gasteiger partial charge is 0.508 e. The second kappa shape index (κ2) is 5.23. The highest BCUT2D eigenvalue weighted by Gasteiger charge is 2.12. The lowest BCUT2D eigenvalue weighted by molar-refractivity contribution is 0.471. The van der Waals surface area contributed by atoms with Crippen molar-refractivity contribution >= 4 is 16.6 Å². The van der Waals surface area contributed by atoms with Crippen LogP contribution in [0.25, 0.3) is 26.9 Å². The second-order valence-electron chi connectivity index (χ2n) is 5.86. The lowest BCUT2D eigenvalue weighted by atomic mass is 9.99. The molecule has 110 valence electrons. The zero-order chi connectivity index (χ0) is 15.9. The van der Waals surface area contributed by atoms with Crippen LogP contribution in [0.2, 0.25) is 0 Å². The van der Waals surface area contributed by atoms with Crippen molar-refractivity contribution in [3.05, 3.63) is 59.6 Å². The van der Waals surface area contributed by atoms with Gasteiger partial charge in [-0.1, -0.05) is 12.1 Å². The molecule has 0 amide bonds. The van der Waals surface area contributed by atoms with Crippen LogP contribution in [0, 0.1) is 13.5 Å². The molecule has 0 atom stereocenters. The Hall–Kier alpha value is -2.73. The van der Waals surface area contributed by atoms with Crippen LogP contribution < -0.4 is 0 Å². The summed E-state index contributed by atoms with van der Waals surface area (Å²) in [5, 5.41) is 11.1. The van der Waals surface area contributed by atoms with Crippen LogP contribution in [-0.4, -0.2) is 9.67 Å². The molecular weight excluding hydrogens is 272 g/mol. The van der Waals surface area contributed by atoms with Crippen LogP contribution in [0.4, 0.5) is 5.69 Å². The summed E-state index contributed by atoms with van der Waals surface area (Å²) < 4.78 is 2.17. The van der Waals surface area contributed by atoms with E-state index in [4.69, 9.17) is 6.57 Å². The van der Waals surface area contributed by atoms with E-state index in [0.29, 0.717) is 11.7 Å². The predicted octanol–water partition coefficient (Wildman–Crippen LogP) is 5.45. The average Bonchev–Trinajstić information content (AvgIpc) is 2.93. The van der Waals surface area contributed by atoms with Crippen molar-refractivity contribution in [1.29, 1.82) is 0 Å². The number of hydrogen-bond acceptors (Lipinski definition) is 1. The fraction of sp³-hybridized carbons (Fsp3) is 0.211. The van der Waals surface area contributed by atoms with Crippen molar-refractivity contribution in [2.24, 2.45) is 0 Å². The van der Waals surface area contributed by atoms with Crippen molar-refractivity contribution in [3.8, 4) is 16.9 Å². The number of nitrogens with zero attached hydrogens (tertiary/aromatic N) is 2. The van der Waals surface area contributed by atoms with Gasteiger partial charge in [-0.3, -0.25) is 0 Å². The normalized spacial score (nSPS) is 11.0. The van der Waals surface area contributed by atoms with Gasteiger partial charge in [0.1, 0.15) is 5.75 Å². The summed E-state index contributed by atoms with van der Waals surface area (Å²) in [5.74, 6) is 0.280. The first kappa shape index (κ1) is 14.2. The summed E-state index contributed by atoms with van der Waals surface area (Å²) in [7, 11) is 0. The van der Waals surface area contributed by atoms with Gasteiger partial charge in [0, 0.05) is 23.1 Å². The third-order valence-electron chi connectivity index (χ3n) is 4.03. The number of aryl methyl sites for hydroxylation is 1. The summed E-state index contributed by atoms with van der Waals surface area (Å²) in [5.41, 5.74) is 4.43. The van der Waals surface area contributed by atoms with Crippen LogP contribution in [0.5, 0.6) is 5.75 Å². The minimum absolute atomic E-state index is 0.280. The van der Waals surface area contributed by atoms with Crippen molar-refractivity contribution in [2.45, 2.75) is 26.8 Å². The van der Waals surface area contributed by atoms with Gasteiger partial charge in [0.25, 0.3) is 0 Å².